The minimum absolute atomic E-state index is 0.0276. The molecule has 128 valence electrons. The lowest BCUT2D eigenvalue weighted by atomic mass is 10.1. The number of hydrogen-bond acceptors (Lipinski definition) is 5. The molecule has 0 bridgehead atoms. The maximum absolute atomic E-state index is 12.7. The SMILES string of the molecule is C=CCN1C(=O)C(Cc2ccc(Br)cc2)S/C1=N\N=C/c1ccco1. The van der Waals surface area contributed by atoms with Gasteiger partial charge in [0.15, 0.2) is 5.17 Å². The molecule has 7 heteroatoms. The summed E-state index contributed by atoms with van der Waals surface area (Å²) in [5.74, 6) is 0.639. The van der Waals surface area contributed by atoms with Crippen molar-refractivity contribution in [2.45, 2.75) is 11.7 Å². The molecule has 5 nitrogen and oxygen atoms in total. The van der Waals surface area contributed by atoms with Gasteiger partial charge < -0.3 is 4.42 Å². The molecule has 0 radical (unpaired) electrons. The van der Waals surface area contributed by atoms with Crippen LogP contribution in [-0.2, 0) is 11.2 Å². The summed E-state index contributed by atoms with van der Waals surface area (Å²) >= 11 is 4.85. The van der Waals surface area contributed by atoms with Gasteiger partial charge in [0, 0.05) is 11.0 Å². The van der Waals surface area contributed by atoms with Crippen LogP contribution in [0.15, 0.2) is 74.4 Å². The molecule has 1 aliphatic heterocycles. The molecule has 0 N–H and O–H groups in total. The van der Waals surface area contributed by atoms with Crippen molar-refractivity contribution in [2.75, 3.05) is 6.54 Å². The Hall–Kier alpha value is -2.12. The molecule has 1 fully saturated rings. The Morgan fingerprint density at radius 3 is 2.80 bits per heavy atom. The van der Waals surface area contributed by atoms with E-state index in [-0.39, 0.29) is 11.2 Å². The van der Waals surface area contributed by atoms with E-state index < -0.39 is 0 Å². The fraction of sp³-hybridized carbons (Fsp3) is 0.167. The van der Waals surface area contributed by atoms with Crippen molar-refractivity contribution in [3.05, 3.63) is 71.1 Å². The van der Waals surface area contributed by atoms with Crippen LogP contribution in [0, 0.1) is 0 Å². The molecular weight excluding hydrogens is 402 g/mol. The quantitative estimate of drug-likeness (QED) is 0.403. The van der Waals surface area contributed by atoms with Crippen molar-refractivity contribution in [1.82, 2.24) is 4.90 Å². The fourth-order valence-electron chi connectivity index (χ4n) is 2.35. The van der Waals surface area contributed by atoms with E-state index in [0.717, 1.165) is 10.0 Å². The van der Waals surface area contributed by atoms with Crippen LogP contribution in [0.4, 0.5) is 0 Å². The molecule has 0 saturated carbocycles. The normalized spacial score (nSPS) is 19.2. The molecule has 1 amide bonds. The Morgan fingerprint density at radius 2 is 2.12 bits per heavy atom. The summed E-state index contributed by atoms with van der Waals surface area (Å²) in [7, 11) is 0. The number of nitrogens with zero attached hydrogens (tertiary/aromatic N) is 3. The Kier molecular flexibility index (Phi) is 5.88. The molecule has 3 rings (SSSR count). The fourth-order valence-corrected chi connectivity index (χ4v) is 3.76. The third-order valence-corrected chi connectivity index (χ3v) is 5.23. The van der Waals surface area contributed by atoms with Crippen LogP contribution in [0.5, 0.6) is 0 Å². The van der Waals surface area contributed by atoms with Gasteiger partial charge in [0.25, 0.3) is 0 Å². The lowest BCUT2D eigenvalue weighted by molar-refractivity contribution is -0.125. The lowest BCUT2D eigenvalue weighted by Gasteiger charge is -2.12. The van der Waals surface area contributed by atoms with Crippen LogP contribution in [-0.4, -0.2) is 34.0 Å². The predicted molar refractivity (Wildman–Crippen MR) is 105 cm³/mol. The molecule has 25 heavy (non-hydrogen) atoms. The van der Waals surface area contributed by atoms with Crippen LogP contribution < -0.4 is 0 Å². The van der Waals surface area contributed by atoms with Crippen LogP contribution in [0.2, 0.25) is 0 Å². The summed E-state index contributed by atoms with van der Waals surface area (Å²) in [5, 5.41) is 8.59. The second-order valence-corrected chi connectivity index (χ2v) is 7.40. The van der Waals surface area contributed by atoms with Gasteiger partial charge in [-0.2, -0.15) is 5.10 Å². The topological polar surface area (TPSA) is 58.2 Å². The molecule has 2 heterocycles. The average Bonchev–Trinajstić information content (AvgIpc) is 3.21. The number of benzene rings is 1. The number of carbonyl (C=O) groups excluding carboxylic acids is 1. The molecule has 1 aliphatic rings. The van der Waals surface area contributed by atoms with Crippen LogP contribution in [0.1, 0.15) is 11.3 Å². The number of furan rings is 1. The van der Waals surface area contributed by atoms with Gasteiger partial charge in [-0.1, -0.05) is 45.9 Å². The first-order valence-corrected chi connectivity index (χ1v) is 9.32. The maximum Gasteiger partial charge on any atom is 0.242 e. The van der Waals surface area contributed by atoms with Gasteiger partial charge in [-0.3, -0.25) is 9.69 Å². The zero-order valence-corrected chi connectivity index (χ0v) is 15.7. The van der Waals surface area contributed by atoms with Crippen molar-refractivity contribution < 1.29 is 9.21 Å². The highest BCUT2D eigenvalue weighted by Crippen LogP contribution is 2.30. The van der Waals surface area contributed by atoms with Crippen LogP contribution >= 0.6 is 27.7 Å². The molecule has 1 atom stereocenters. The summed E-state index contributed by atoms with van der Waals surface area (Å²) < 4.78 is 6.20. The Labute approximate surface area is 158 Å². The van der Waals surface area contributed by atoms with Crippen molar-refractivity contribution in [3.63, 3.8) is 0 Å². The Bertz CT molecular complexity index is 800. The first kappa shape index (κ1) is 17.7. The van der Waals surface area contributed by atoms with Crippen LogP contribution in [0.3, 0.4) is 0 Å². The lowest BCUT2D eigenvalue weighted by Crippen LogP contribution is -2.32. The number of rotatable bonds is 6. The van der Waals surface area contributed by atoms with E-state index in [1.54, 1.807) is 29.4 Å². The average molecular weight is 418 g/mol. The van der Waals surface area contributed by atoms with Gasteiger partial charge in [-0.25, -0.2) is 0 Å². The van der Waals surface area contributed by atoms with Gasteiger partial charge in [0.1, 0.15) is 5.76 Å². The number of hydrogen-bond donors (Lipinski definition) is 0. The second kappa shape index (κ2) is 8.31. The van der Waals surface area contributed by atoms with E-state index in [1.165, 1.54) is 18.0 Å². The van der Waals surface area contributed by atoms with E-state index in [4.69, 9.17) is 4.42 Å². The van der Waals surface area contributed by atoms with Crippen molar-refractivity contribution >= 4 is 45.0 Å². The van der Waals surface area contributed by atoms with E-state index >= 15 is 0 Å². The van der Waals surface area contributed by atoms with Crippen molar-refractivity contribution in [2.24, 2.45) is 10.2 Å². The maximum atomic E-state index is 12.7. The molecule has 1 saturated heterocycles. The van der Waals surface area contributed by atoms with Gasteiger partial charge in [0.2, 0.25) is 5.91 Å². The summed E-state index contributed by atoms with van der Waals surface area (Å²) in [6, 6.07) is 11.5. The smallest absolute Gasteiger partial charge is 0.242 e. The van der Waals surface area contributed by atoms with Crippen molar-refractivity contribution in [3.8, 4) is 0 Å². The molecule has 0 spiro atoms. The zero-order chi connectivity index (χ0) is 17.6. The van der Waals surface area contributed by atoms with Gasteiger partial charge >= 0.3 is 0 Å². The second-order valence-electron chi connectivity index (χ2n) is 5.32. The molecule has 1 unspecified atom stereocenters. The highest BCUT2D eigenvalue weighted by Gasteiger charge is 2.37. The standard InChI is InChI=1S/C18H16BrN3O2S/c1-2-9-22-17(23)16(11-13-5-7-14(19)8-6-13)25-18(22)21-20-12-15-4-3-10-24-15/h2-8,10,12,16H,1,9,11H2/b20-12-,21-18-. The van der Waals surface area contributed by atoms with Crippen LogP contribution in [0.25, 0.3) is 0 Å². The van der Waals surface area contributed by atoms with Gasteiger partial charge in [0.05, 0.1) is 17.7 Å². The highest BCUT2D eigenvalue weighted by atomic mass is 79.9. The molecule has 0 aliphatic carbocycles. The van der Waals surface area contributed by atoms with E-state index in [9.17, 15) is 4.79 Å². The molecule has 1 aromatic heterocycles. The molecule has 2 aromatic rings. The third kappa shape index (κ3) is 4.49. The number of thioether (sulfide) groups is 1. The highest BCUT2D eigenvalue weighted by molar-refractivity contribution is 9.10. The third-order valence-electron chi connectivity index (χ3n) is 3.54. The van der Waals surface area contributed by atoms with E-state index in [2.05, 4.69) is 32.7 Å². The summed E-state index contributed by atoms with van der Waals surface area (Å²) in [6.45, 7) is 4.13. The van der Waals surface area contributed by atoms with Gasteiger partial charge in [-0.05, 0) is 36.2 Å². The summed E-state index contributed by atoms with van der Waals surface area (Å²) in [6.07, 6.45) is 5.42. The molecule has 1 aromatic carbocycles. The van der Waals surface area contributed by atoms with Crippen molar-refractivity contribution in [1.29, 1.82) is 0 Å². The minimum atomic E-state index is -0.210. The van der Waals surface area contributed by atoms with Gasteiger partial charge in [-0.15, -0.1) is 11.7 Å². The summed E-state index contributed by atoms with van der Waals surface area (Å²) in [4.78, 5) is 14.3. The number of amides is 1. The Morgan fingerprint density at radius 1 is 1.32 bits per heavy atom. The Balaban J connectivity index is 1.74. The number of carbonyl (C=O) groups is 1. The number of halogens is 1. The monoisotopic (exact) mass is 417 g/mol. The first-order chi connectivity index (χ1) is 12.2. The first-order valence-electron chi connectivity index (χ1n) is 7.65. The largest absolute Gasteiger partial charge is 0.463 e. The zero-order valence-electron chi connectivity index (χ0n) is 13.3. The molecular formula is C18H16BrN3O2S. The van der Waals surface area contributed by atoms with E-state index in [1.807, 2.05) is 24.3 Å². The minimum Gasteiger partial charge on any atom is -0.463 e. The number of amidine groups is 1. The van der Waals surface area contributed by atoms with E-state index in [0.29, 0.717) is 23.9 Å². The predicted octanol–water partition coefficient (Wildman–Crippen LogP) is 4.10. The summed E-state index contributed by atoms with van der Waals surface area (Å²) in [5.41, 5.74) is 1.10.